The number of hydrogen-bond donors (Lipinski definition) is 2. The van der Waals surface area contributed by atoms with Crippen LogP contribution in [0.3, 0.4) is 0 Å². The van der Waals surface area contributed by atoms with Gasteiger partial charge in [0, 0.05) is 5.56 Å². The van der Waals surface area contributed by atoms with Gasteiger partial charge in [0.2, 0.25) is 0 Å². The van der Waals surface area contributed by atoms with Gasteiger partial charge in [-0.25, -0.2) is 0 Å². The third-order valence-electron chi connectivity index (χ3n) is 1.85. The molecular weight excluding hydrogens is 152 g/mol. The molecule has 0 aliphatic rings. The fraction of sp³-hybridized carbons (Fsp3) is 0.200. The van der Waals surface area contributed by atoms with Crippen LogP contribution in [0, 0.1) is 0 Å². The van der Waals surface area contributed by atoms with E-state index in [9.17, 15) is 5.11 Å². The number of rotatable bonds is 1. The maximum absolute atomic E-state index is 9.38. The summed E-state index contributed by atoms with van der Waals surface area (Å²) in [4.78, 5) is 0. The minimum atomic E-state index is 0.198. The zero-order chi connectivity index (χ0) is 9.14. The van der Waals surface area contributed by atoms with Gasteiger partial charge in [0.1, 0.15) is 5.75 Å². The molecule has 12 heavy (non-hydrogen) atoms. The van der Waals surface area contributed by atoms with Gasteiger partial charge in [-0.2, -0.15) is 0 Å². The monoisotopic (exact) mass is 164 g/mol. The fourth-order valence-corrected chi connectivity index (χ4v) is 0.986. The third kappa shape index (κ3) is 1.59. The van der Waals surface area contributed by atoms with E-state index < -0.39 is 0 Å². The van der Waals surface area contributed by atoms with Gasteiger partial charge in [0.25, 0.3) is 0 Å². The molecule has 0 spiro atoms. The molecule has 1 rings (SSSR count). The Balaban J connectivity index is 3.21. The summed E-state index contributed by atoms with van der Waals surface area (Å²) < 4.78 is 0. The number of aliphatic hydroxyl groups excluding tert-OH is 1. The second kappa shape index (κ2) is 3.30. The SMILES string of the molecule is CC(O)=C(C)c1ccccc1O. The molecule has 0 aliphatic heterocycles. The van der Waals surface area contributed by atoms with E-state index in [1.807, 2.05) is 6.07 Å². The van der Waals surface area contributed by atoms with Crippen molar-refractivity contribution in [3.05, 3.63) is 35.6 Å². The summed E-state index contributed by atoms with van der Waals surface area (Å²) in [6, 6.07) is 6.94. The van der Waals surface area contributed by atoms with E-state index in [-0.39, 0.29) is 11.5 Å². The first-order valence-corrected chi connectivity index (χ1v) is 3.77. The van der Waals surface area contributed by atoms with Crippen LogP contribution in [0.1, 0.15) is 19.4 Å². The maximum atomic E-state index is 9.38. The summed E-state index contributed by atoms with van der Waals surface area (Å²) >= 11 is 0. The zero-order valence-electron chi connectivity index (χ0n) is 7.20. The summed E-state index contributed by atoms with van der Waals surface area (Å²) in [6.45, 7) is 3.37. The highest BCUT2D eigenvalue weighted by molar-refractivity contribution is 5.69. The maximum Gasteiger partial charge on any atom is 0.123 e. The molecule has 0 radical (unpaired) electrons. The van der Waals surface area contributed by atoms with Crippen molar-refractivity contribution in [3.63, 3.8) is 0 Å². The summed E-state index contributed by atoms with van der Waals surface area (Å²) in [5.41, 5.74) is 1.38. The van der Waals surface area contributed by atoms with Crippen molar-refractivity contribution in [2.24, 2.45) is 0 Å². The average molecular weight is 164 g/mol. The number of allylic oxidation sites excluding steroid dienone is 2. The Labute approximate surface area is 71.8 Å². The number of para-hydroxylation sites is 1. The smallest absolute Gasteiger partial charge is 0.123 e. The van der Waals surface area contributed by atoms with Crippen LogP contribution in [-0.2, 0) is 0 Å². The van der Waals surface area contributed by atoms with Crippen molar-refractivity contribution in [2.45, 2.75) is 13.8 Å². The van der Waals surface area contributed by atoms with Crippen molar-refractivity contribution >= 4 is 5.57 Å². The standard InChI is InChI=1S/C10H12O2/c1-7(8(2)11)9-5-3-4-6-10(9)12/h3-6,11-12H,1-2H3. The lowest BCUT2D eigenvalue weighted by Gasteiger charge is -2.04. The van der Waals surface area contributed by atoms with Crippen LogP contribution in [0.2, 0.25) is 0 Å². The van der Waals surface area contributed by atoms with E-state index in [4.69, 9.17) is 5.11 Å². The Bertz CT molecular complexity index is 309. The molecule has 0 aromatic heterocycles. The van der Waals surface area contributed by atoms with Crippen LogP contribution in [0.15, 0.2) is 30.0 Å². The molecule has 0 atom stereocenters. The molecule has 64 valence electrons. The van der Waals surface area contributed by atoms with Crippen LogP contribution < -0.4 is 0 Å². The highest BCUT2D eigenvalue weighted by Crippen LogP contribution is 2.25. The molecule has 0 heterocycles. The predicted molar refractivity (Wildman–Crippen MR) is 49.0 cm³/mol. The first-order valence-electron chi connectivity index (χ1n) is 3.77. The largest absolute Gasteiger partial charge is 0.512 e. The Morgan fingerprint density at radius 2 is 1.75 bits per heavy atom. The molecule has 2 N–H and O–H groups in total. The zero-order valence-corrected chi connectivity index (χ0v) is 7.20. The molecule has 0 bridgehead atoms. The van der Waals surface area contributed by atoms with Gasteiger partial charge in [-0.05, 0) is 25.5 Å². The summed E-state index contributed by atoms with van der Waals surface area (Å²) in [6.07, 6.45) is 0. The molecule has 0 fully saturated rings. The van der Waals surface area contributed by atoms with Gasteiger partial charge >= 0.3 is 0 Å². The van der Waals surface area contributed by atoms with Crippen LogP contribution in [-0.4, -0.2) is 10.2 Å². The van der Waals surface area contributed by atoms with Gasteiger partial charge in [0.05, 0.1) is 5.76 Å². The number of phenols is 1. The lowest BCUT2D eigenvalue weighted by atomic mass is 10.1. The predicted octanol–water partition coefficient (Wildman–Crippen LogP) is 2.70. The van der Waals surface area contributed by atoms with Gasteiger partial charge in [-0.15, -0.1) is 0 Å². The number of phenolic OH excluding ortho intramolecular Hbond substituents is 1. The van der Waals surface area contributed by atoms with E-state index in [1.165, 1.54) is 0 Å². The van der Waals surface area contributed by atoms with E-state index >= 15 is 0 Å². The van der Waals surface area contributed by atoms with E-state index in [0.29, 0.717) is 11.1 Å². The Morgan fingerprint density at radius 1 is 1.17 bits per heavy atom. The van der Waals surface area contributed by atoms with E-state index in [0.717, 1.165) is 0 Å². The van der Waals surface area contributed by atoms with Crippen LogP contribution in [0.5, 0.6) is 5.75 Å². The normalized spacial score (nSPS) is 12.5. The van der Waals surface area contributed by atoms with Gasteiger partial charge in [0.15, 0.2) is 0 Å². The molecule has 1 aromatic carbocycles. The van der Waals surface area contributed by atoms with Gasteiger partial charge in [-0.1, -0.05) is 18.2 Å². The lowest BCUT2D eigenvalue weighted by Crippen LogP contribution is -1.84. The first-order chi connectivity index (χ1) is 5.63. The molecular formula is C10H12O2. The van der Waals surface area contributed by atoms with Crippen LogP contribution in [0.25, 0.3) is 5.57 Å². The molecule has 2 heteroatoms. The molecule has 0 amide bonds. The van der Waals surface area contributed by atoms with Crippen LogP contribution in [0.4, 0.5) is 0 Å². The summed E-state index contributed by atoms with van der Waals surface area (Å²) in [5, 5.41) is 18.6. The number of aliphatic hydroxyl groups is 1. The second-order valence-electron chi connectivity index (χ2n) is 2.73. The average Bonchev–Trinajstić information content (AvgIpc) is 2.04. The van der Waals surface area contributed by atoms with Gasteiger partial charge in [-0.3, -0.25) is 0 Å². The Kier molecular flexibility index (Phi) is 2.38. The highest BCUT2D eigenvalue weighted by Gasteiger charge is 2.03. The van der Waals surface area contributed by atoms with Crippen LogP contribution >= 0.6 is 0 Å². The fourth-order valence-electron chi connectivity index (χ4n) is 0.986. The van der Waals surface area contributed by atoms with Crippen molar-refractivity contribution in [1.29, 1.82) is 0 Å². The van der Waals surface area contributed by atoms with Crippen molar-refractivity contribution in [2.75, 3.05) is 0 Å². The molecule has 2 nitrogen and oxygen atoms in total. The van der Waals surface area contributed by atoms with Crippen molar-refractivity contribution in [3.8, 4) is 5.75 Å². The minimum absolute atomic E-state index is 0.198. The number of hydrogen-bond acceptors (Lipinski definition) is 2. The molecule has 1 aromatic rings. The Morgan fingerprint density at radius 3 is 2.25 bits per heavy atom. The van der Waals surface area contributed by atoms with E-state index in [2.05, 4.69) is 0 Å². The third-order valence-corrected chi connectivity index (χ3v) is 1.85. The first kappa shape index (κ1) is 8.65. The number of aromatic hydroxyl groups is 1. The minimum Gasteiger partial charge on any atom is -0.512 e. The van der Waals surface area contributed by atoms with Crippen molar-refractivity contribution < 1.29 is 10.2 Å². The number of benzene rings is 1. The lowest BCUT2D eigenvalue weighted by molar-refractivity contribution is 0.415. The highest BCUT2D eigenvalue weighted by atomic mass is 16.3. The quantitative estimate of drug-likeness (QED) is 0.626. The van der Waals surface area contributed by atoms with Crippen molar-refractivity contribution in [1.82, 2.24) is 0 Å². The second-order valence-corrected chi connectivity index (χ2v) is 2.73. The van der Waals surface area contributed by atoms with Gasteiger partial charge < -0.3 is 10.2 Å². The Hall–Kier alpha value is -1.44. The molecule has 0 unspecified atom stereocenters. The van der Waals surface area contributed by atoms with E-state index in [1.54, 1.807) is 32.0 Å². The summed E-state index contributed by atoms with van der Waals surface area (Å²) in [5.74, 6) is 0.430. The molecule has 0 aliphatic carbocycles. The molecule has 0 saturated carbocycles. The molecule has 0 saturated heterocycles. The topological polar surface area (TPSA) is 40.5 Å². The summed E-state index contributed by atoms with van der Waals surface area (Å²) in [7, 11) is 0.